The number of benzene rings is 2. The largest absolute Gasteiger partial charge is 0.454 e. The van der Waals surface area contributed by atoms with Gasteiger partial charge in [0, 0.05) is 31.7 Å². The molecular formula is C24H26N4O4S. The number of fused-ring (bicyclic) bond motifs is 1. The average Bonchev–Trinajstić information content (AvgIpc) is 3.26. The first-order valence-electron chi connectivity index (χ1n) is 10.9. The summed E-state index contributed by atoms with van der Waals surface area (Å²) in [6, 6.07) is 13.4. The molecule has 0 saturated carbocycles. The third-order valence-corrected chi connectivity index (χ3v) is 8.29. The Morgan fingerprint density at radius 3 is 2.18 bits per heavy atom. The predicted molar refractivity (Wildman–Crippen MR) is 125 cm³/mol. The van der Waals surface area contributed by atoms with Gasteiger partial charge < -0.3 is 14.4 Å². The van der Waals surface area contributed by atoms with Crippen molar-refractivity contribution >= 4 is 15.8 Å². The maximum absolute atomic E-state index is 13.3. The summed E-state index contributed by atoms with van der Waals surface area (Å²) in [5.74, 6) is 2.17. The van der Waals surface area contributed by atoms with Crippen LogP contribution in [0.25, 0.3) is 11.3 Å². The SMILES string of the molecule is Cc1cc(C)c(S(=O)(=O)N2CCN(c3ccc(-c4ccc5c(c4)OCO5)nn3)CC2)c(C)c1. The van der Waals surface area contributed by atoms with Gasteiger partial charge in [-0.3, -0.25) is 0 Å². The van der Waals surface area contributed by atoms with E-state index in [1.165, 1.54) is 0 Å². The predicted octanol–water partition coefficient (Wildman–Crippen LogP) is 3.31. The number of aryl methyl sites for hydroxylation is 3. The second kappa shape index (κ2) is 8.31. The Morgan fingerprint density at radius 1 is 0.818 bits per heavy atom. The molecule has 172 valence electrons. The van der Waals surface area contributed by atoms with Crippen LogP contribution in [0.4, 0.5) is 5.82 Å². The van der Waals surface area contributed by atoms with Crippen molar-refractivity contribution < 1.29 is 17.9 Å². The molecule has 0 N–H and O–H groups in total. The van der Waals surface area contributed by atoms with Gasteiger partial charge in [-0.25, -0.2) is 8.42 Å². The van der Waals surface area contributed by atoms with Crippen LogP contribution in [0.3, 0.4) is 0 Å². The highest BCUT2D eigenvalue weighted by molar-refractivity contribution is 7.89. The first-order valence-corrected chi connectivity index (χ1v) is 12.3. The van der Waals surface area contributed by atoms with Gasteiger partial charge in [-0.1, -0.05) is 17.7 Å². The van der Waals surface area contributed by atoms with Gasteiger partial charge in [-0.15, -0.1) is 10.2 Å². The van der Waals surface area contributed by atoms with Crippen LogP contribution in [0, 0.1) is 20.8 Å². The molecule has 2 aromatic carbocycles. The fraction of sp³-hybridized carbons (Fsp3) is 0.333. The van der Waals surface area contributed by atoms with Gasteiger partial charge in [0.1, 0.15) is 0 Å². The van der Waals surface area contributed by atoms with Crippen molar-refractivity contribution in [2.75, 3.05) is 37.9 Å². The number of hydrogen-bond acceptors (Lipinski definition) is 7. The average molecular weight is 467 g/mol. The summed E-state index contributed by atoms with van der Waals surface area (Å²) >= 11 is 0. The van der Waals surface area contributed by atoms with E-state index in [0.29, 0.717) is 36.8 Å². The van der Waals surface area contributed by atoms with Crippen LogP contribution in [-0.2, 0) is 10.0 Å². The van der Waals surface area contributed by atoms with E-state index in [1.807, 2.05) is 63.2 Å². The smallest absolute Gasteiger partial charge is 0.243 e. The molecule has 1 saturated heterocycles. The van der Waals surface area contributed by atoms with Gasteiger partial charge >= 0.3 is 0 Å². The summed E-state index contributed by atoms with van der Waals surface area (Å²) in [4.78, 5) is 2.49. The summed E-state index contributed by atoms with van der Waals surface area (Å²) in [5, 5.41) is 8.77. The lowest BCUT2D eigenvalue weighted by atomic mass is 10.1. The van der Waals surface area contributed by atoms with E-state index in [9.17, 15) is 8.42 Å². The molecule has 9 heteroatoms. The van der Waals surface area contributed by atoms with E-state index >= 15 is 0 Å². The number of rotatable bonds is 4. The molecule has 2 aliphatic heterocycles. The molecule has 1 fully saturated rings. The van der Waals surface area contributed by atoms with Crippen molar-refractivity contribution in [2.45, 2.75) is 25.7 Å². The molecule has 0 atom stereocenters. The van der Waals surface area contributed by atoms with Crippen molar-refractivity contribution in [3.8, 4) is 22.8 Å². The molecule has 8 nitrogen and oxygen atoms in total. The zero-order valence-electron chi connectivity index (χ0n) is 18.9. The fourth-order valence-corrected chi connectivity index (χ4v) is 6.40. The summed E-state index contributed by atoms with van der Waals surface area (Å²) < 4.78 is 39.0. The molecule has 0 radical (unpaired) electrons. The van der Waals surface area contributed by atoms with Crippen LogP contribution < -0.4 is 14.4 Å². The van der Waals surface area contributed by atoms with Crippen LogP contribution in [-0.4, -0.2) is 55.9 Å². The molecule has 33 heavy (non-hydrogen) atoms. The van der Waals surface area contributed by atoms with Crippen molar-refractivity contribution in [1.29, 1.82) is 0 Å². The quantitative estimate of drug-likeness (QED) is 0.583. The number of aromatic nitrogens is 2. The summed E-state index contributed by atoms with van der Waals surface area (Å²) in [6.45, 7) is 7.85. The first kappa shape index (κ1) is 21.7. The molecule has 0 bridgehead atoms. The van der Waals surface area contributed by atoms with Gasteiger partial charge in [-0.2, -0.15) is 4.31 Å². The van der Waals surface area contributed by atoms with Crippen LogP contribution in [0.2, 0.25) is 0 Å². The Bertz CT molecular complexity index is 1280. The van der Waals surface area contributed by atoms with Crippen molar-refractivity contribution in [3.63, 3.8) is 0 Å². The number of sulfonamides is 1. The Hall–Kier alpha value is -3.17. The van der Waals surface area contributed by atoms with Crippen molar-refractivity contribution in [3.05, 3.63) is 59.2 Å². The number of piperazine rings is 1. The molecule has 2 aliphatic rings. The Balaban J connectivity index is 1.28. The highest BCUT2D eigenvalue weighted by Crippen LogP contribution is 2.35. The van der Waals surface area contributed by atoms with E-state index in [2.05, 4.69) is 15.1 Å². The monoisotopic (exact) mass is 466 g/mol. The number of ether oxygens (including phenoxy) is 2. The Morgan fingerprint density at radius 2 is 1.52 bits per heavy atom. The van der Waals surface area contributed by atoms with Crippen LogP contribution >= 0.6 is 0 Å². The number of nitrogens with zero attached hydrogens (tertiary/aromatic N) is 4. The van der Waals surface area contributed by atoms with Gasteiger partial charge in [0.05, 0.1) is 10.6 Å². The summed E-state index contributed by atoms with van der Waals surface area (Å²) in [5.41, 5.74) is 4.29. The van der Waals surface area contributed by atoms with Gasteiger partial charge in [0.25, 0.3) is 0 Å². The second-order valence-corrected chi connectivity index (χ2v) is 10.3. The third kappa shape index (κ3) is 4.02. The zero-order chi connectivity index (χ0) is 23.2. The molecule has 0 spiro atoms. The van der Waals surface area contributed by atoms with Crippen LogP contribution in [0.1, 0.15) is 16.7 Å². The highest BCUT2D eigenvalue weighted by atomic mass is 32.2. The van der Waals surface area contributed by atoms with E-state index in [0.717, 1.165) is 39.5 Å². The Kier molecular flexibility index (Phi) is 5.46. The minimum atomic E-state index is -3.55. The highest BCUT2D eigenvalue weighted by Gasteiger charge is 2.31. The maximum atomic E-state index is 13.3. The first-order chi connectivity index (χ1) is 15.8. The molecule has 5 rings (SSSR count). The van der Waals surface area contributed by atoms with Crippen molar-refractivity contribution in [1.82, 2.24) is 14.5 Å². The lowest BCUT2D eigenvalue weighted by molar-refractivity contribution is 0.174. The molecule has 3 heterocycles. The van der Waals surface area contributed by atoms with Crippen LogP contribution in [0.15, 0.2) is 47.4 Å². The minimum Gasteiger partial charge on any atom is -0.454 e. The second-order valence-electron chi connectivity index (χ2n) is 8.46. The lowest BCUT2D eigenvalue weighted by Crippen LogP contribution is -2.49. The van der Waals surface area contributed by atoms with Gasteiger partial charge in [-0.05, 0) is 62.2 Å². The molecule has 1 aromatic heterocycles. The van der Waals surface area contributed by atoms with Gasteiger partial charge in [0.2, 0.25) is 16.8 Å². The fourth-order valence-electron chi connectivity index (χ4n) is 4.56. The minimum absolute atomic E-state index is 0.230. The molecule has 0 unspecified atom stereocenters. The maximum Gasteiger partial charge on any atom is 0.243 e. The van der Waals surface area contributed by atoms with E-state index < -0.39 is 10.0 Å². The molecule has 0 amide bonds. The summed E-state index contributed by atoms with van der Waals surface area (Å²) in [6.07, 6.45) is 0. The number of hydrogen-bond donors (Lipinski definition) is 0. The number of anilines is 1. The van der Waals surface area contributed by atoms with E-state index in [1.54, 1.807) is 4.31 Å². The Labute approximate surface area is 193 Å². The van der Waals surface area contributed by atoms with E-state index in [-0.39, 0.29) is 6.79 Å². The van der Waals surface area contributed by atoms with E-state index in [4.69, 9.17) is 9.47 Å². The normalized spacial score (nSPS) is 16.3. The molecule has 0 aliphatic carbocycles. The van der Waals surface area contributed by atoms with Crippen LogP contribution in [0.5, 0.6) is 11.5 Å². The molecular weight excluding hydrogens is 440 g/mol. The van der Waals surface area contributed by atoms with Gasteiger partial charge in [0.15, 0.2) is 17.3 Å². The molecule has 3 aromatic rings. The summed E-state index contributed by atoms with van der Waals surface area (Å²) in [7, 11) is -3.55. The third-order valence-electron chi connectivity index (χ3n) is 6.08. The lowest BCUT2D eigenvalue weighted by Gasteiger charge is -2.35. The zero-order valence-corrected chi connectivity index (χ0v) is 19.7. The topological polar surface area (TPSA) is 84.9 Å². The standard InChI is InChI=1S/C24H26N4O4S/c1-16-12-17(2)24(18(3)13-16)33(29,30)28-10-8-27(9-11-28)23-7-5-20(25-26-23)19-4-6-21-22(14-19)32-15-31-21/h4-7,12-14H,8-11,15H2,1-3H3. The van der Waals surface area contributed by atoms with Crippen molar-refractivity contribution in [2.24, 2.45) is 0 Å².